The summed E-state index contributed by atoms with van der Waals surface area (Å²) in [6, 6.07) is 14.1. The van der Waals surface area contributed by atoms with E-state index >= 15 is 0 Å². The van der Waals surface area contributed by atoms with Crippen LogP contribution in [-0.4, -0.2) is 47.4 Å². The first kappa shape index (κ1) is 23.9. The highest BCUT2D eigenvalue weighted by atomic mass is 127. The molecule has 0 saturated carbocycles. The maximum Gasteiger partial charge on any atom is 0.190 e. The molecule has 0 unspecified atom stereocenters. The molecule has 0 aliphatic heterocycles. The van der Waals surface area contributed by atoms with Crippen LogP contribution in [0.15, 0.2) is 47.5 Å². The van der Waals surface area contributed by atoms with Crippen LogP contribution in [0, 0.1) is 0 Å². The first-order valence-corrected chi connectivity index (χ1v) is 8.98. The van der Waals surface area contributed by atoms with Crippen LogP contribution < -0.4 is 24.8 Å². The molecule has 6 nitrogen and oxygen atoms in total. The fourth-order valence-electron chi connectivity index (χ4n) is 2.74. The summed E-state index contributed by atoms with van der Waals surface area (Å²) in [6.45, 7) is 1.57. The molecule has 0 atom stereocenters. The normalized spacial score (nSPS) is 10.6. The van der Waals surface area contributed by atoms with Crippen molar-refractivity contribution in [3.05, 3.63) is 53.6 Å². The van der Waals surface area contributed by atoms with Crippen molar-refractivity contribution in [3.8, 4) is 17.2 Å². The molecule has 0 aliphatic rings. The van der Waals surface area contributed by atoms with Crippen LogP contribution >= 0.6 is 24.0 Å². The summed E-state index contributed by atoms with van der Waals surface area (Å²) in [7, 11) is 6.74. The van der Waals surface area contributed by atoms with E-state index in [9.17, 15) is 0 Å². The van der Waals surface area contributed by atoms with E-state index in [4.69, 9.17) is 14.2 Å². The number of methoxy groups -OCH3 is 3. The minimum absolute atomic E-state index is 0. The van der Waals surface area contributed by atoms with Gasteiger partial charge in [0.2, 0.25) is 0 Å². The minimum atomic E-state index is 0. The summed E-state index contributed by atoms with van der Waals surface area (Å²) in [5.41, 5.74) is 2.40. The summed E-state index contributed by atoms with van der Waals surface area (Å²) < 4.78 is 15.9. The van der Waals surface area contributed by atoms with Crippen LogP contribution in [0.2, 0.25) is 0 Å². The SMILES string of the molecule is CN=C(NCCc1cccc(OC)c1)NCCc1ccc(OC)c(OC)c1.I. The van der Waals surface area contributed by atoms with E-state index in [1.165, 1.54) is 11.1 Å². The molecular formula is C21H30IN3O3. The minimum Gasteiger partial charge on any atom is -0.497 e. The van der Waals surface area contributed by atoms with Crippen LogP contribution in [0.1, 0.15) is 11.1 Å². The Morgan fingerprint density at radius 2 is 1.46 bits per heavy atom. The van der Waals surface area contributed by atoms with Crippen molar-refractivity contribution in [2.75, 3.05) is 41.5 Å². The Labute approximate surface area is 184 Å². The fourth-order valence-corrected chi connectivity index (χ4v) is 2.74. The number of nitrogens with one attached hydrogen (secondary N) is 2. The molecule has 0 bridgehead atoms. The molecule has 0 fully saturated rings. The van der Waals surface area contributed by atoms with E-state index in [0.717, 1.165) is 49.1 Å². The molecule has 0 radical (unpaired) electrons. The Balaban J connectivity index is 0.00000392. The highest BCUT2D eigenvalue weighted by Gasteiger charge is 2.05. The Kier molecular flexibility index (Phi) is 11.2. The summed E-state index contributed by atoms with van der Waals surface area (Å²) in [5, 5.41) is 6.67. The summed E-state index contributed by atoms with van der Waals surface area (Å²) in [4.78, 5) is 4.27. The molecule has 0 heterocycles. The fraction of sp³-hybridized carbons (Fsp3) is 0.381. The smallest absolute Gasteiger partial charge is 0.190 e. The molecule has 154 valence electrons. The van der Waals surface area contributed by atoms with Crippen molar-refractivity contribution >= 4 is 29.9 Å². The third kappa shape index (κ3) is 7.46. The van der Waals surface area contributed by atoms with Crippen LogP contribution in [0.4, 0.5) is 0 Å². The Morgan fingerprint density at radius 1 is 0.821 bits per heavy atom. The second-order valence-corrected chi connectivity index (χ2v) is 5.97. The van der Waals surface area contributed by atoms with Crippen molar-refractivity contribution < 1.29 is 14.2 Å². The molecule has 0 aromatic heterocycles. The predicted octanol–water partition coefficient (Wildman–Crippen LogP) is 3.28. The lowest BCUT2D eigenvalue weighted by Gasteiger charge is -2.13. The molecule has 2 rings (SSSR count). The van der Waals surface area contributed by atoms with Gasteiger partial charge in [-0.2, -0.15) is 0 Å². The molecule has 0 amide bonds. The van der Waals surface area contributed by atoms with Crippen molar-refractivity contribution in [1.29, 1.82) is 0 Å². The van der Waals surface area contributed by atoms with Crippen LogP contribution in [0.5, 0.6) is 17.2 Å². The van der Waals surface area contributed by atoms with E-state index in [1.54, 1.807) is 28.4 Å². The first-order valence-electron chi connectivity index (χ1n) is 8.98. The number of ether oxygens (including phenoxy) is 3. The van der Waals surface area contributed by atoms with Crippen molar-refractivity contribution in [1.82, 2.24) is 10.6 Å². The second-order valence-electron chi connectivity index (χ2n) is 5.97. The van der Waals surface area contributed by atoms with Crippen LogP contribution in [0.3, 0.4) is 0 Å². The van der Waals surface area contributed by atoms with Gasteiger partial charge in [0.1, 0.15) is 5.75 Å². The van der Waals surface area contributed by atoms with E-state index in [2.05, 4.69) is 27.8 Å². The predicted molar refractivity (Wildman–Crippen MR) is 125 cm³/mol. The Morgan fingerprint density at radius 3 is 2.04 bits per heavy atom. The molecule has 2 N–H and O–H groups in total. The second kappa shape index (κ2) is 13.1. The first-order chi connectivity index (χ1) is 13.2. The molecule has 0 saturated heterocycles. The molecule has 28 heavy (non-hydrogen) atoms. The highest BCUT2D eigenvalue weighted by Crippen LogP contribution is 2.27. The molecular weight excluding hydrogens is 469 g/mol. The third-order valence-electron chi connectivity index (χ3n) is 4.22. The standard InChI is InChI=1S/C21H29N3O3.HI/c1-22-21(23-12-10-16-6-5-7-18(14-16)25-2)24-13-11-17-8-9-19(26-3)20(15-17)27-4;/h5-9,14-15H,10-13H2,1-4H3,(H2,22,23,24);1H. The number of rotatable bonds is 9. The van der Waals surface area contributed by atoms with Crippen LogP contribution in [-0.2, 0) is 12.8 Å². The maximum atomic E-state index is 5.35. The Bertz CT molecular complexity index is 753. The zero-order valence-electron chi connectivity index (χ0n) is 17.0. The topological polar surface area (TPSA) is 64.1 Å². The van der Waals surface area contributed by atoms with Gasteiger partial charge in [0.15, 0.2) is 17.5 Å². The van der Waals surface area contributed by atoms with Crippen molar-refractivity contribution in [2.45, 2.75) is 12.8 Å². The Hall–Kier alpha value is -2.16. The number of nitrogens with zero attached hydrogens (tertiary/aromatic N) is 1. The summed E-state index contributed by atoms with van der Waals surface area (Å²) in [5.74, 6) is 3.16. The molecule has 7 heteroatoms. The number of benzene rings is 2. The van der Waals surface area contributed by atoms with Gasteiger partial charge in [-0.3, -0.25) is 4.99 Å². The lowest BCUT2D eigenvalue weighted by atomic mass is 10.1. The lowest BCUT2D eigenvalue weighted by molar-refractivity contribution is 0.354. The average molecular weight is 499 g/mol. The summed E-state index contributed by atoms with van der Waals surface area (Å²) >= 11 is 0. The van der Waals surface area contributed by atoms with E-state index in [0.29, 0.717) is 0 Å². The van der Waals surface area contributed by atoms with Gasteiger partial charge in [-0.15, -0.1) is 24.0 Å². The van der Waals surface area contributed by atoms with Crippen molar-refractivity contribution in [2.24, 2.45) is 4.99 Å². The maximum absolute atomic E-state index is 5.35. The van der Waals surface area contributed by atoms with Gasteiger partial charge in [0, 0.05) is 20.1 Å². The van der Waals surface area contributed by atoms with Gasteiger partial charge in [0.25, 0.3) is 0 Å². The molecule has 0 spiro atoms. The number of guanidine groups is 1. The van der Waals surface area contributed by atoms with E-state index in [-0.39, 0.29) is 24.0 Å². The molecule has 2 aromatic carbocycles. The average Bonchev–Trinajstić information content (AvgIpc) is 2.72. The quantitative estimate of drug-likeness (QED) is 0.315. The van der Waals surface area contributed by atoms with E-state index in [1.807, 2.05) is 30.3 Å². The number of hydrogen-bond donors (Lipinski definition) is 2. The molecule has 0 aliphatic carbocycles. The number of halogens is 1. The van der Waals surface area contributed by atoms with Gasteiger partial charge in [-0.25, -0.2) is 0 Å². The zero-order chi connectivity index (χ0) is 19.5. The lowest BCUT2D eigenvalue weighted by Crippen LogP contribution is -2.39. The number of aliphatic imine (C=N–C) groups is 1. The largest absolute Gasteiger partial charge is 0.497 e. The van der Waals surface area contributed by atoms with Crippen molar-refractivity contribution in [3.63, 3.8) is 0 Å². The van der Waals surface area contributed by atoms with Gasteiger partial charge in [-0.05, 0) is 48.2 Å². The van der Waals surface area contributed by atoms with E-state index < -0.39 is 0 Å². The third-order valence-corrected chi connectivity index (χ3v) is 4.22. The van der Waals surface area contributed by atoms with Gasteiger partial charge < -0.3 is 24.8 Å². The summed E-state index contributed by atoms with van der Waals surface area (Å²) in [6.07, 6.45) is 1.75. The zero-order valence-corrected chi connectivity index (χ0v) is 19.3. The molecule has 2 aromatic rings. The number of hydrogen-bond acceptors (Lipinski definition) is 4. The monoisotopic (exact) mass is 499 g/mol. The van der Waals surface area contributed by atoms with Gasteiger partial charge >= 0.3 is 0 Å². The van der Waals surface area contributed by atoms with Gasteiger partial charge in [-0.1, -0.05) is 18.2 Å². The van der Waals surface area contributed by atoms with Gasteiger partial charge in [0.05, 0.1) is 21.3 Å². The van der Waals surface area contributed by atoms with Crippen LogP contribution in [0.25, 0.3) is 0 Å². The highest BCUT2D eigenvalue weighted by molar-refractivity contribution is 14.0.